The summed E-state index contributed by atoms with van der Waals surface area (Å²) >= 11 is 0. The molecule has 0 fully saturated rings. The monoisotopic (exact) mass is 262 g/mol. The zero-order valence-electron chi connectivity index (χ0n) is 11.6. The van der Waals surface area contributed by atoms with Gasteiger partial charge in [0.1, 0.15) is 11.3 Å². The van der Waals surface area contributed by atoms with Crippen LogP contribution in [0.25, 0.3) is 11.3 Å². The number of carbonyl (C=O) groups is 1. The van der Waals surface area contributed by atoms with Crippen molar-refractivity contribution in [1.82, 2.24) is 19.6 Å². The average Bonchev–Trinajstić information content (AvgIpc) is 2.83. The Balaban J connectivity index is 2.63. The Morgan fingerprint density at radius 3 is 2.53 bits per heavy atom. The number of rotatable bonds is 4. The molecule has 102 valence electrons. The highest BCUT2D eigenvalue weighted by atomic mass is 16.4. The fraction of sp³-hybridized carbons (Fsp3) is 0.462. The third-order valence-corrected chi connectivity index (χ3v) is 3.19. The van der Waals surface area contributed by atoms with Gasteiger partial charge < -0.3 is 5.11 Å². The Morgan fingerprint density at radius 2 is 2.05 bits per heavy atom. The predicted octanol–water partition coefficient (Wildman–Crippen LogP) is 2.01. The number of hydrogen-bond acceptors (Lipinski definition) is 3. The largest absolute Gasteiger partial charge is 0.478 e. The maximum absolute atomic E-state index is 11.4. The van der Waals surface area contributed by atoms with Gasteiger partial charge in [-0.1, -0.05) is 6.92 Å². The number of aryl methyl sites for hydroxylation is 3. The smallest absolute Gasteiger partial charge is 0.339 e. The van der Waals surface area contributed by atoms with Gasteiger partial charge in [-0.15, -0.1) is 0 Å². The minimum absolute atomic E-state index is 0.229. The second-order valence-corrected chi connectivity index (χ2v) is 4.63. The first-order chi connectivity index (χ1) is 8.95. The molecule has 19 heavy (non-hydrogen) atoms. The summed E-state index contributed by atoms with van der Waals surface area (Å²) in [6, 6.07) is 0. The van der Waals surface area contributed by atoms with Crippen LogP contribution in [0.3, 0.4) is 0 Å². The Labute approximate surface area is 111 Å². The summed E-state index contributed by atoms with van der Waals surface area (Å²) in [6.45, 7) is 6.52. The second-order valence-electron chi connectivity index (χ2n) is 4.63. The molecule has 0 radical (unpaired) electrons. The maximum atomic E-state index is 11.4. The molecule has 0 aliphatic carbocycles. The van der Waals surface area contributed by atoms with Crippen LogP contribution in [0.15, 0.2) is 6.20 Å². The van der Waals surface area contributed by atoms with E-state index in [1.54, 1.807) is 15.6 Å². The minimum Gasteiger partial charge on any atom is -0.478 e. The fourth-order valence-electron chi connectivity index (χ4n) is 2.22. The first kappa shape index (κ1) is 13.3. The molecule has 0 unspecified atom stereocenters. The fourth-order valence-corrected chi connectivity index (χ4v) is 2.22. The number of hydrogen-bond donors (Lipinski definition) is 1. The predicted molar refractivity (Wildman–Crippen MR) is 71.2 cm³/mol. The molecule has 0 spiro atoms. The minimum atomic E-state index is -0.958. The van der Waals surface area contributed by atoms with Crippen molar-refractivity contribution < 1.29 is 9.90 Å². The van der Waals surface area contributed by atoms with Crippen LogP contribution in [0.4, 0.5) is 0 Å². The van der Waals surface area contributed by atoms with E-state index in [1.807, 2.05) is 27.8 Å². The van der Waals surface area contributed by atoms with Crippen molar-refractivity contribution in [2.24, 2.45) is 7.05 Å². The van der Waals surface area contributed by atoms with Gasteiger partial charge in [0.15, 0.2) is 0 Å². The van der Waals surface area contributed by atoms with Gasteiger partial charge in [-0.3, -0.25) is 9.36 Å². The van der Waals surface area contributed by atoms with Crippen molar-refractivity contribution in [1.29, 1.82) is 0 Å². The van der Waals surface area contributed by atoms with Gasteiger partial charge in [0.25, 0.3) is 0 Å². The summed E-state index contributed by atoms with van der Waals surface area (Å²) in [5.41, 5.74) is 3.26. The number of carboxylic acid groups (broad SMARTS) is 1. The van der Waals surface area contributed by atoms with Crippen molar-refractivity contribution in [2.75, 3.05) is 0 Å². The molecule has 0 saturated heterocycles. The third kappa shape index (κ3) is 2.25. The standard InChI is InChI=1S/C13H18N4O2/c1-5-6-17-7-10(13(18)19)12(15-17)11-8(2)14-16(4)9(11)3/h7H,5-6H2,1-4H3,(H,18,19). The Kier molecular flexibility index (Phi) is 3.42. The van der Waals surface area contributed by atoms with Crippen LogP contribution in [-0.2, 0) is 13.6 Å². The van der Waals surface area contributed by atoms with Crippen LogP contribution in [0.5, 0.6) is 0 Å². The van der Waals surface area contributed by atoms with Crippen molar-refractivity contribution >= 4 is 5.97 Å². The lowest BCUT2D eigenvalue weighted by atomic mass is 10.1. The van der Waals surface area contributed by atoms with E-state index in [2.05, 4.69) is 10.2 Å². The highest BCUT2D eigenvalue weighted by Gasteiger charge is 2.22. The first-order valence-electron chi connectivity index (χ1n) is 6.27. The van der Waals surface area contributed by atoms with E-state index in [-0.39, 0.29) is 5.56 Å². The summed E-state index contributed by atoms with van der Waals surface area (Å²) in [5.74, 6) is -0.958. The molecular formula is C13H18N4O2. The van der Waals surface area contributed by atoms with E-state index < -0.39 is 5.97 Å². The van der Waals surface area contributed by atoms with Crippen molar-refractivity contribution in [3.05, 3.63) is 23.1 Å². The quantitative estimate of drug-likeness (QED) is 0.914. The molecule has 0 amide bonds. The number of aromatic carboxylic acids is 1. The first-order valence-corrected chi connectivity index (χ1v) is 6.27. The summed E-state index contributed by atoms with van der Waals surface area (Å²) in [4.78, 5) is 11.4. The lowest BCUT2D eigenvalue weighted by Crippen LogP contribution is -1.98. The lowest BCUT2D eigenvalue weighted by Gasteiger charge is -2.00. The lowest BCUT2D eigenvalue weighted by molar-refractivity contribution is 0.0697. The van der Waals surface area contributed by atoms with E-state index >= 15 is 0 Å². The van der Waals surface area contributed by atoms with Gasteiger partial charge in [0, 0.05) is 31.0 Å². The molecule has 2 rings (SSSR count). The normalized spacial score (nSPS) is 10.9. The molecule has 2 aromatic heterocycles. The maximum Gasteiger partial charge on any atom is 0.339 e. The molecular weight excluding hydrogens is 244 g/mol. The molecule has 0 bridgehead atoms. The van der Waals surface area contributed by atoms with Gasteiger partial charge in [-0.25, -0.2) is 4.79 Å². The third-order valence-electron chi connectivity index (χ3n) is 3.19. The molecule has 0 aromatic carbocycles. The highest BCUT2D eigenvalue weighted by molar-refractivity contribution is 5.95. The molecule has 0 aliphatic heterocycles. The zero-order chi connectivity index (χ0) is 14.2. The topological polar surface area (TPSA) is 72.9 Å². The zero-order valence-corrected chi connectivity index (χ0v) is 11.6. The van der Waals surface area contributed by atoms with Crippen LogP contribution in [0, 0.1) is 13.8 Å². The van der Waals surface area contributed by atoms with E-state index in [1.165, 1.54) is 0 Å². The Bertz CT molecular complexity index is 625. The molecule has 2 aromatic rings. The Morgan fingerprint density at radius 1 is 1.37 bits per heavy atom. The average molecular weight is 262 g/mol. The van der Waals surface area contributed by atoms with E-state index in [0.717, 1.165) is 23.4 Å². The summed E-state index contributed by atoms with van der Waals surface area (Å²) < 4.78 is 3.43. The van der Waals surface area contributed by atoms with Gasteiger partial charge in [-0.05, 0) is 20.3 Å². The molecule has 6 nitrogen and oxygen atoms in total. The van der Waals surface area contributed by atoms with Crippen LogP contribution >= 0.6 is 0 Å². The SMILES string of the molecule is CCCn1cc(C(=O)O)c(-c2c(C)nn(C)c2C)n1. The van der Waals surface area contributed by atoms with Crippen LogP contribution in [-0.4, -0.2) is 30.6 Å². The van der Waals surface area contributed by atoms with E-state index in [9.17, 15) is 9.90 Å². The van der Waals surface area contributed by atoms with E-state index in [0.29, 0.717) is 12.2 Å². The summed E-state index contributed by atoms with van der Waals surface area (Å²) in [6.07, 6.45) is 2.50. The molecule has 0 aliphatic rings. The molecule has 2 heterocycles. The van der Waals surface area contributed by atoms with Gasteiger partial charge >= 0.3 is 5.97 Å². The van der Waals surface area contributed by atoms with Crippen molar-refractivity contribution in [3.8, 4) is 11.3 Å². The van der Waals surface area contributed by atoms with Gasteiger partial charge in [-0.2, -0.15) is 10.2 Å². The van der Waals surface area contributed by atoms with E-state index in [4.69, 9.17) is 0 Å². The number of carboxylic acids is 1. The highest BCUT2D eigenvalue weighted by Crippen LogP contribution is 2.28. The number of nitrogens with zero attached hydrogens (tertiary/aromatic N) is 4. The molecule has 6 heteroatoms. The number of aromatic nitrogens is 4. The van der Waals surface area contributed by atoms with Crippen molar-refractivity contribution in [2.45, 2.75) is 33.7 Å². The summed E-state index contributed by atoms with van der Waals surface area (Å²) in [5, 5.41) is 18.0. The van der Waals surface area contributed by atoms with Gasteiger partial charge in [0.05, 0.1) is 5.69 Å². The molecule has 1 N–H and O–H groups in total. The summed E-state index contributed by atoms with van der Waals surface area (Å²) in [7, 11) is 1.84. The molecule has 0 atom stereocenters. The van der Waals surface area contributed by atoms with Gasteiger partial charge in [0.2, 0.25) is 0 Å². The Hall–Kier alpha value is -2.11. The van der Waals surface area contributed by atoms with Crippen LogP contribution in [0.2, 0.25) is 0 Å². The van der Waals surface area contributed by atoms with Crippen LogP contribution in [0.1, 0.15) is 35.1 Å². The second kappa shape index (κ2) is 4.87. The molecule has 0 saturated carbocycles. The van der Waals surface area contributed by atoms with Crippen molar-refractivity contribution in [3.63, 3.8) is 0 Å². The van der Waals surface area contributed by atoms with Crippen LogP contribution < -0.4 is 0 Å².